The number of hydrogen-bond donors (Lipinski definition) is 1. The molecule has 0 aliphatic heterocycles. The van der Waals surface area contributed by atoms with Crippen molar-refractivity contribution in [3.05, 3.63) is 28.2 Å². The minimum absolute atomic E-state index is 0.609. The molecule has 0 saturated carbocycles. The lowest BCUT2D eigenvalue weighted by Gasteiger charge is -2.07. The van der Waals surface area contributed by atoms with E-state index >= 15 is 0 Å². The summed E-state index contributed by atoms with van der Waals surface area (Å²) in [7, 11) is 0. The van der Waals surface area contributed by atoms with Gasteiger partial charge in [0.05, 0.1) is 10.0 Å². The van der Waals surface area contributed by atoms with Gasteiger partial charge in [0.25, 0.3) is 0 Å². The van der Waals surface area contributed by atoms with Gasteiger partial charge in [-0.1, -0.05) is 68.7 Å². The Balaban J connectivity index is 2.05. The van der Waals surface area contributed by atoms with Gasteiger partial charge in [-0.05, 0) is 24.6 Å². The van der Waals surface area contributed by atoms with Crippen molar-refractivity contribution in [2.75, 3.05) is 11.9 Å². The molecule has 0 bridgehead atoms. The standard InChI is InChI=1S/C15H23Cl2N/c1-2-3-4-5-6-7-8-11-18-13-9-10-14(16)15(17)12-13/h9-10,12,18H,2-8,11H2,1H3. The van der Waals surface area contributed by atoms with Crippen LogP contribution in [0.5, 0.6) is 0 Å². The molecular formula is C15H23Cl2N. The van der Waals surface area contributed by atoms with Crippen LogP contribution in [0.2, 0.25) is 10.0 Å². The van der Waals surface area contributed by atoms with Gasteiger partial charge >= 0.3 is 0 Å². The molecule has 1 aromatic rings. The highest BCUT2D eigenvalue weighted by Crippen LogP contribution is 2.24. The monoisotopic (exact) mass is 287 g/mol. The summed E-state index contributed by atoms with van der Waals surface area (Å²) in [5.41, 5.74) is 1.05. The van der Waals surface area contributed by atoms with Crippen LogP contribution in [0, 0.1) is 0 Å². The molecule has 0 spiro atoms. The zero-order valence-electron chi connectivity index (χ0n) is 11.1. The van der Waals surface area contributed by atoms with Gasteiger partial charge < -0.3 is 5.32 Å². The van der Waals surface area contributed by atoms with Crippen molar-refractivity contribution < 1.29 is 0 Å². The zero-order valence-corrected chi connectivity index (χ0v) is 12.7. The van der Waals surface area contributed by atoms with Crippen molar-refractivity contribution in [3.8, 4) is 0 Å². The average Bonchev–Trinajstić information content (AvgIpc) is 2.37. The quantitative estimate of drug-likeness (QED) is 0.537. The largest absolute Gasteiger partial charge is 0.385 e. The molecular weight excluding hydrogens is 265 g/mol. The van der Waals surface area contributed by atoms with Crippen LogP contribution in [0.3, 0.4) is 0 Å². The highest BCUT2D eigenvalue weighted by atomic mass is 35.5. The topological polar surface area (TPSA) is 12.0 Å². The Morgan fingerprint density at radius 2 is 1.56 bits per heavy atom. The summed E-state index contributed by atoms with van der Waals surface area (Å²) in [6.45, 7) is 3.26. The van der Waals surface area contributed by atoms with Crippen LogP contribution in [0.25, 0.3) is 0 Å². The molecule has 0 unspecified atom stereocenters. The first kappa shape index (κ1) is 15.7. The van der Waals surface area contributed by atoms with Gasteiger partial charge in [-0.3, -0.25) is 0 Å². The number of rotatable bonds is 9. The highest BCUT2D eigenvalue weighted by molar-refractivity contribution is 6.42. The predicted octanol–water partition coefficient (Wildman–Crippen LogP) is 6.16. The molecule has 18 heavy (non-hydrogen) atoms. The van der Waals surface area contributed by atoms with Crippen LogP contribution >= 0.6 is 23.2 Å². The molecule has 0 heterocycles. The van der Waals surface area contributed by atoms with E-state index in [0.29, 0.717) is 10.0 Å². The summed E-state index contributed by atoms with van der Waals surface area (Å²) in [5, 5.41) is 4.59. The van der Waals surface area contributed by atoms with Gasteiger partial charge in [0.1, 0.15) is 0 Å². The van der Waals surface area contributed by atoms with Gasteiger partial charge in [-0.25, -0.2) is 0 Å². The Morgan fingerprint density at radius 1 is 0.889 bits per heavy atom. The molecule has 0 amide bonds. The molecule has 102 valence electrons. The van der Waals surface area contributed by atoms with Crippen LogP contribution < -0.4 is 5.32 Å². The molecule has 0 atom stereocenters. The lowest BCUT2D eigenvalue weighted by molar-refractivity contribution is 0.596. The normalized spacial score (nSPS) is 10.6. The second-order valence-electron chi connectivity index (χ2n) is 4.68. The summed E-state index contributed by atoms with van der Waals surface area (Å²) in [4.78, 5) is 0. The van der Waals surface area contributed by atoms with E-state index in [9.17, 15) is 0 Å². The van der Waals surface area contributed by atoms with Gasteiger partial charge in [0, 0.05) is 12.2 Å². The van der Waals surface area contributed by atoms with E-state index in [1.54, 1.807) is 0 Å². The van der Waals surface area contributed by atoms with Crippen LogP contribution in [-0.4, -0.2) is 6.54 Å². The van der Waals surface area contributed by atoms with Crippen molar-refractivity contribution in [1.29, 1.82) is 0 Å². The van der Waals surface area contributed by atoms with E-state index in [2.05, 4.69) is 12.2 Å². The van der Waals surface area contributed by atoms with E-state index in [0.717, 1.165) is 12.2 Å². The number of hydrogen-bond acceptors (Lipinski definition) is 1. The zero-order chi connectivity index (χ0) is 13.2. The van der Waals surface area contributed by atoms with Crippen LogP contribution in [-0.2, 0) is 0 Å². The maximum Gasteiger partial charge on any atom is 0.0612 e. The molecule has 0 aromatic heterocycles. The van der Waals surface area contributed by atoms with Crippen molar-refractivity contribution in [1.82, 2.24) is 0 Å². The first-order chi connectivity index (χ1) is 8.74. The van der Waals surface area contributed by atoms with Gasteiger partial charge in [-0.2, -0.15) is 0 Å². The van der Waals surface area contributed by atoms with Crippen LogP contribution in [0.4, 0.5) is 5.69 Å². The minimum atomic E-state index is 0.609. The maximum atomic E-state index is 5.95. The van der Waals surface area contributed by atoms with Crippen molar-refractivity contribution >= 4 is 28.9 Å². The average molecular weight is 288 g/mol. The molecule has 3 heteroatoms. The van der Waals surface area contributed by atoms with Gasteiger partial charge in [0.15, 0.2) is 0 Å². The molecule has 1 rings (SSSR count). The molecule has 0 radical (unpaired) electrons. The lowest BCUT2D eigenvalue weighted by Crippen LogP contribution is -2.01. The lowest BCUT2D eigenvalue weighted by atomic mass is 10.1. The molecule has 0 aliphatic rings. The van der Waals surface area contributed by atoms with E-state index in [-0.39, 0.29) is 0 Å². The molecule has 1 aromatic carbocycles. The summed E-state index contributed by atoms with van der Waals surface area (Å²) in [5.74, 6) is 0. The molecule has 0 fully saturated rings. The highest BCUT2D eigenvalue weighted by Gasteiger charge is 1.98. The fourth-order valence-electron chi connectivity index (χ4n) is 1.92. The smallest absolute Gasteiger partial charge is 0.0612 e. The first-order valence-corrected chi connectivity index (χ1v) is 7.68. The summed E-state index contributed by atoms with van der Waals surface area (Å²) in [6, 6.07) is 5.68. The third-order valence-electron chi connectivity index (χ3n) is 3.03. The Hall–Kier alpha value is -0.400. The second kappa shape index (κ2) is 9.52. The maximum absolute atomic E-state index is 5.95. The minimum Gasteiger partial charge on any atom is -0.385 e. The Bertz CT molecular complexity index is 339. The fraction of sp³-hybridized carbons (Fsp3) is 0.600. The van der Waals surface area contributed by atoms with E-state index in [1.165, 1.54) is 44.9 Å². The van der Waals surface area contributed by atoms with Crippen molar-refractivity contribution in [2.45, 2.75) is 51.9 Å². The number of unbranched alkanes of at least 4 members (excludes halogenated alkanes) is 6. The first-order valence-electron chi connectivity index (χ1n) is 6.93. The molecule has 0 saturated heterocycles. The third kappa shape index (κ3) is 6.51. The van der Waals surface area contributed by atoms with Crippen LogP contribution in [0.1, 0.15) is 51.9 Å². The second-order valence-corrected chi connectivity index (χ2v) is 5.49. The van der Waals surface area contributed by atoms with E-state index in [1.807, 2.05) is 18.2 Å². The van der Waals surface area contributed by atoms with Crippen molar-refractivity contribution in [3.63, 3.8) is 0 Å². The van der Waals surface area contributed by atoms with E-state index in [4.69, 9.17) is 23.2 Å². The summed E-state index contributed by atoms with van der Waals surface area (Å²) >= 11 is 11.8. The number of benzene rings is 1. The Morgan fingerprint density at radius 3 is 2.22 bits per heavy atom. The fourth-order valence-corrected chi connectivity index (χ4v) is 2.22. The number of nitrogens with one attached hydrogen (secondary N) is 1. The molecule has 1 N–H and O–H groups in total. The predicted molar refractivity (Wildman–Crippen MR) is 82.9 cm³/mol. The van der Waals surface area contributed by atoms with Gasteiger partial charge in [-0.15, -0.1) is 0 Å². The molecule has 0 aliphatic carbocycles. The Labute approximate surface area is 121 Å². The molecule has 1 nitrogen and oxygen atoms in total. The number of anilines is 1. The van der Waals surface area contributed by atoms with Crippen molar-refractivity contribution in [2.24, 2.45) is 0 Å². The summed E-state index contributed by atoms with van der Waals surface area (Å²) < 4.78 is 0. The van der Waals surface area contributed by atoms with Crippen LogP contribution in [0.15, 0.2) is 18.2 Å². The number of halogens is 2. The Kier molecular flexibility index (Phi) is 8.28. The third-order valence-corrected chi connectivity index (χ3v) is 3.77. The SMILES string of the molecule is CCCCCCCCCNc1ccc(Cl)c(Cl)c1. The summed E-state index contributed by atoms with van der Waals surface area (Å²) in [6.07, 6.45) is 9.32. The van der Waals surface area contributed by atoms with E-state index < -0.39 is 0 Å². The van der Waals surface area contributed by atoms with Gasteiger partial charge in [0.2, 0.25) is 0 Å².